The third kappa shape index (κ3) is 3.51. The summed E-state index contributed by atoms with van der Waals surface area (Å²) in [4.78, 5) is 0. The smallest absolute Gasteiger partial charge is 0.0620 e. The first-order valence-corrected chi connectivity index (χ1v) is 12.9. The number of rotatable bonds is 1. The first-order valence-electron chi connectivity index (χ1n) is 12.2. The van der Waals surface area contributed by atoms with Crippen LogP contribution >= 0.6 is 23.2 Å². The summed E-state index contributed by atoms with van der Waals surface area (Å²) in [6.45, 7) is 13.7. The van der Waals surface area contributed by atoms with E-state index in [4.69, 9.17) is 23.2 Å². The summed E-state index contributed by atoms with van der Waals surface area (Å²) in [5.41, 5.74) is 8.80. The number of aromatic nitrogens is 1. The Hall–Kier alpha value is -2.74. The first kappa shape index (κ1) is 22.7. The number of nitrogens with zero attached hydrogens (tertiary/aromatic N) is 1. The lowest BCUT2D eigenvalue weighted by Crippen LogP contribution is -2.11. The van der Waals surface area contributed by atoms with Gasteiger partial charge in [0, 0.05) is 31.6 Å². The van der Waals surface area contributed by atoms with Crippen molar-refractivity contribution in [2.24, 2.45) is 0 Å². The second-order valence-corrected chi connectivity index (χ2v) is 12.8. The molecule has 0 N–H and O–H groups in total. The fraction of sp³-hybridized carbons (Fsp3) is 0.250. The monoisotopic (exact) mass is 497 g/mol. The minimum atomic E-state index is 0.0432. The summed E-state index contributed by atoms with van der Waals surface area (Å²) in [5.74, 6) is 0. The molecule has 0 saturated heterocycles. The third-order valence-corrected chi connectivity index (χ3v) is 7.75. The van der Waals surface area contributed by atoms with Crippen LogP contribution in [0, 0.1) is 0 Å². The van der Waals surface area contributed by atoms with Crippen molar-refractivity contribution in [3.05, 3.63) is 87.9 Å². The molecule has 0 aliphatic carbocycles. The Balaban J connectivity index is 1.76. The minimum Gasteiger partial charge on any atom is -0.308 e. The van der Waals surface area contributed by atoms with Gasteiger partial charge in [-0.15, -0.1) is 0 Å². The Morgan fingerprint density at radius 3 is 1.60 bits per heavy atom. The molecule has 0 bridgehead atoms. The van der Waals surface area contributed by atoms with Gasteiger partial charge in [-0.1, -0.05) is 76.9 Å². The Morgan fingerprint density at radius 1 is 0.514 bits per heavy atom. The van der Waals surface area contributed by atoms with E-state index < -0.39 is 0 Å². The van der Waals surface area contributed by atoms with Crippen molar-refractivity contribution in [1.29, 1.82) is 0 Å². The lowest BCUT2D eigenvalue weighted by molar-refractivity contribution is 0.590. The largest absolute Gasteiger partial charge is 0.308 e. The first-order chi connectivity index (χ1) is 16.4. The summed E-state index contributed by atoms with van der Waals surface area (Å²) < 4.78 is 2.45. The van der Waals surface area contributed by atoms with Crippen LogP contribution in [0.4, 0.5) is 0 Å². The molecule has 0 radical (unpaired) electrons. The molecule has 0 spiro atoms. The van der Waals surface area contributed by atoms with E-state index in [1.54, 1.807) is 6.07 Å². The summed E-state index contributed by atoms with van der Waals surface area (Å²) >= 11 is 12.7. The molecule has 0 atom stereocenters. The van der Waals surface area contributed by atoms with E-state index in [1.807, 2.05) is 12.1 Å². The summed E-state index contributed by atoms with van der Waals surface area (Å²) in [6.07, 6.45) is 0. The normalized spacial score (nSPS) is 13.1. The Labute approximate surface area is 216 Å². The second-order valence-electron chi connectivity index (χ2n) is 11.9. The van der Waals surface area contributed by atoms with E-state index in [9.17, 15) is 0 Å². The second kappa shape index (κ2) is 7.38. The number of halogens is 2. The molecule has 176 valence electrons. The zero-order valence-electron chi connectivity index (χ0n) is 21.1. The van der Waals surface area contributed by atoms with Gasteiger partial charge in [-0.2, -0.15) is 0 Å². The van der Waals surface area contributed by atoms with Gasteiger partial charge in [-0.25, -0.2) is 0 Å². The molecule has 0 aliphatic rings. The van der Waals surface area contributed by atoms with Gasteiger partial charge in [-0.05, 0) is 87.7 Å². The molecule has 2 aromatic heterocycles. The van der Waals surface area contributed by atoms with Crippen LogP contribution in [-0.2, 0) is 10.8 Å². The topological polar surface area (TPSA) is 4.41 Å². The maximum atomic E-state index is 6.33. The van der Waals surface area contributed by atoms with E-state index >= 15 is 0 Å². The predicted octanol–water partition coefficient (Wildman–Crippen LogP) is 10.4. The van der Waals surface area contributed by atoms with E-state index in [-0.39, 0.29) is 10.8 Å². The zero-order valence-corrected chi connectivity index (χ0v) is 22.6. The van der Waals surface area contributed by atoms with Crippen molar-refractivity contribution in [2.45, 2.75) is 52.4 Å². The highest BCUT2D eigenvalue weighted by Crippen LogP contribution is 2.43. The van der Waals surface area contributed by atoms with E-state index in [0.717, 1.165) is 11.1 Å². The lowest BCUT2D eigenvalue weighted by atomic mass is 9.84. The van der Waals surface area contributed by atoms with Gasteiger partial charge in [0.05, 0.1) is 16.6 Å². The molecule has 0 fully saturated rings. The molecule has 6 rings (SSSR count). The molecule has 1 nitrogen and oxygen atoms in total. The molecule has 0 saturated carbocycles. The Bertz CT molecular complexity index is 1750. The molecular weight excluding hydrogens is 469 g/mol. The molecular formula is C32H29Cl2N. The quantitative estimate of drug-likeness (QED) is 0.212. The van der Waals surface area contributed by atoms with Crippen molar-refractivity contribution >= 4 is 61.3 Å². The van der Waals surface area contributed by atoms with Crippen molar-refractivity contribution < 1.29 is 0 Å². The van der Waals surface area contributed by atoms with E-state index in [2.05, 4.69) is 94.5 Å². The summed E-state index contributed by atoms with van der Waals surface area (Å²) in [5, 5.41) is 6.51. The highest BCUT2D eigenvalue weighted by molar-refractivity contribution is 6.35. The van der Waals surface area contributed by atoms with Crippen molar-refractivity contribution in [3.63, 3.8) is 0 Å². The van der Waals surface area contributed by atoms with Gasteiger partial charge in [0.25, 0.3) is 0 Å². The molecule has 6 aromatic rings. The fourth-order valence-corrected chi connectivity index (χ4v) is 5.88. The molecule has 0 unspecified atom stereocenters. The molecule has 2 heterocycles. The van der Waals surface area contributed by atoms with Crippen LogP contribution in [0.25, 0.3) is 49.2 Å². The van der Waals surface area contributed by atoms with Gasteiger partial charge in [0.2, 0.25) is 0 Å². The minimum absolute atomic E-state index is 0.0432. The SMILES string of the molecule is CC(C)(C)c1ccc2c(c1)c1cc(C(C)(C)C)cc3c4cc(-c5cc(Cl)cc(Cl)c5)ccc4n2c31. The number of benzene rings is 4. The fourth-order valence-electron chi connectivity index (χ4n) is 5.35. The van der Waals surface area contributed by atoms with Gasteiger partial charge in [-0.3, -0.25) is 0 Å². The zero-order chi connectivity index (χ0) is 24.9. The van der Waals surface area contributed by atoms with Crippen LogP contribution in [0.1, 0.15) is 52.7 Å². The van der Waals surface area contributed by atoms with E-state index in [0.29, 0.717) is 10.0 Å². The molecule has 0 aliphatic heterocycles. The van der Waals surface area contributed by atoms with Crippen LogP contribution in [0.5, 0.6) is 0 Å². The van der Waals surface area contributed by atoms with E-state index in [1.165, 1.54) is 49.2 Å². The molecule has 0 amide bonds. The van der Waals surface area contributed by atoms with Gasteiger partial charge in [0.1, 0.15) is 0 Å². The molecule has 35 heavy (non-hydrogen) atoms. The maximum absolute atomic E-state index is 6.33. The standard InChI is InChI=1S/C32H29Cl2N/c1-31(2,3)20-8-10-29-25(14-20)27-16-21(32(4,5)6)15-26-24-13-18(7-9-28(24)35(29)30(26)27)19-11-22(33)17-23(34)12-19/h7-17H,1-6H3. The van der Waals surface area contributed by atoms with Gasteiger partial charge >= 0.3 is 0 Å². The van der Waals surface area contributed by atoms with Crippen molar-refractivity contribution in [3.8, 4) is 11.1 Å². The number of fused-ring (bicyclic) bond motifs is 6. The third-order valence-electron chi connectivity index (χ3n) is 7.32. The van der Waals surface area contributed by atoms with Crippen LogP contribution in [-0.4, -0.2) is 4.40 Å². The van der Waals surface area contributed by atoms with Gasteiger partial charge < -0.3 is 4.40 Å². The van der Waals surface area contributed by atoms with Gasteiger partial charge in [0.15, 0.2) is 0 Å². The van der Waals surface area contributed by atoms with Crippen LogP contribution in [0.2, 0.25) is 10.0 Å². The number of hydrogen-bond donors (Lipinski definition) is 0. The highest BCUT2D eigenvalue weighted by atomic mass is 35.5. The average Bonchev–Trinajstić information content (AvgIpc) is 3.27. The Kier molecular flexibility index (Phi) is 4.79. The van der Waals surface area contributed by atoms with Crippen molar-refractivity contribution in [1.82, 2.24) is 4.40 Å². The van der Waals surface area contributed by atoms with Crippen LogP contribution < -0.4 is 0 Å². The number of hydrogen-bond acceptors (Lipinski definition) is 0. The van der Waals surface area contributed by atoms with Crippen molar-refractivity contribution in [2.75, 3.05) is 0 Å². The molecule has 4 aromatic carbocycles. The highest BCUT2D eigenvalue weighted by Gasteiger charge is 2.24. The summed E-state index contributed by atoms with van der Waals surface area (Å²) in [7, 11) is 0. The average molecular weight is 498 g/mol. The maximum Gasteiger partial charge on any atom is 0.0620 e. The predicted molar refractivity (Wildman–Crippen MR) is 154 cm³/mol. The van der Waals surface area contributed by atoms with Crippen LogP contribution in [0.15, 0.2) is 66.7 Å². The summed E-state index contributed by atoms with van der Waals surface area (Å²) in [6, 6.07) is 24.2. The van der Waals surface area contributed by atoms with Crippen LogP contribution in [0.3, 0.4) is 0 Å². The lowest BCUT2D eigenvalue weighted by Gasteiger charge is -2.20. The Morgan fingerprint density at radius 2 is 1.03 bits per heavy atom. The molecule has 3 heteroatoms.